The third kappa shape index (κ3) is 3.94. The van der Waals surface area contributed by atoms with Gasteiger partial charge in [0.1, 0.15) is 0 Å². The molecular weight excluding hydrogens is 398 g/mol. The van der Waals surface area contributed by atoms with Gasteiger partial charge in [0.25, 0.3) is 0 Å². The fourth-order valence-electron chi connectivity index (χ4n) is 3.51. The van der Waals surface area contributed by atoms with Gasteiger partial charge in [-0.3, -0.25) is 14.5 Å². The molecule has 4 aromatic rings. The molecule has 1 saturated carbocycles. The first-order valence-corrected chi connectivity index (χ1v) is 11.0. The highest BCUT2D eigenvalue weighted by Crippen LogP contribution is 2.30. The van der Waals surface area contributed by atoms with Gasteiger partial charge >= 0.3 is 0 Å². The Kier molecular flexibility index (Phi) is 5.10. The van der Waals surface area contributed by atoms with Gasteiger partial charge in [-0.2, -0.15) is 0 Å². The van der Waals surface area contributed by atoms with Crippen molar-refractivity contribution in [1.29, 1.82) is 0 Å². The van der Waals surface area contributed by atoms with Gasteiger partial charge in [0, 0.05) is 30.7 Å². The standard InChI is InChI=1S/C22H21N5S2/c28-22-26(16-25(18-10-11-18)15-17-6-4-12-23-14-17)24-21(20-9-5-13-29-20)27(22)19-7-2-1-3-8-19/h1-9,12-14,18H,10-11,15-16H2. The predicted octanol–water partition coefficient (Wildman–Crippen LogP) is 5.15. The fourth-order valence-corrected chi connectivity index (χ4v) is 4.50. The van der Waals surface area contributed by atoms with Crippen molar-refractivity contribution >= 4 is 23.6 Å². The van der Waals surface area contributed by atoms with Crippen molar-refractivity contribution in [2.45, 2.75) is 32.1 Å². The molecule has 146 valence electrons. The topological polar surface area (TPSA) is 38.9 Å². The van der Waals surface area contributed by atoms with Crippen LogP contribution in [-0.2, 0) is 13.2 Å². The van der Waals surface area contributed by atoms with E-state index in [9.17, 15) is 0 Å². The zero-order chi connectivity index (χ0) is 19.6. The van der Waals surface area contributed by atoms with Gasteiger partial charge in [0.2, 0.25) is 4.77 Å². The van der Waals surface area contributed by atoms with E-state index < -0.39 is 0 Å². The Bertz CT molecular complexity index is 1130. The molecule has 3 heterocycles. The second-order valence-electron chi connectivity index (χ2n) is 7.23. The number of pyridine rings is 1. The van der Waals surface area contributed by atoms with E-state index in [4.69, 9.17) is 17.3 Å². The Morgan fingerprint density at radius 2 is 1.93 bits per heavy atom. The lowest BCUT2D eigenvalue weighted by atomic mass is 10.2. The van der Waals surface area contributed by atoms with Crippen LogP contribution in [0.15, 0.2) is 72.4 Å². The molecule has 0 unspecified atom stereocenters. The van der Waals surface area contributed by atoms with E-state index in [1.807, 2.05) is 41.3 Å². The molecule has 0 aliphatic heterocycles. The zero-order valence-electron chi connectivity index (χ0n) is 15.9. The number of hydrogen-bond acceptors (Lipinski definition) is 5. The monoisotopic (exact) mass is 419 g/mol. The second-order valence-corrected chi connectivity index (χ2v) is 8.55. The lowest BCUT2D eigenvalue weighted by molar-refractivity contribution is 0.186. The van der Waals surface area contributed by atoms with Crippen LogP contribution < -0.4 is 0 Å². The van der Waals surface area contributed by atoms with E-state index in [2.05, 4.69) is 50.2 Å². The molecular formula is C22H21N5S2. The molecule has 0 atom stereocenters. The molecule has 29 heavy (non-hydrogen) atoms. The van der Waals surface area contributed by atoms with Gasteiger partial charge in [-0.05, 0) is 60.3 Å². The number of aromatic nitrogens is 4. The Morgan fingerprint density at radius 1 is 1.07 bits per heavy atom. The summed E-state index contributed by atoms with van der Waals surface area (Å²) in [6, 6.07) is 19.1. The largest absolute Gasteiger partial charge is 0.277 e. The average Bonchev–Trinajstić information content (AvgIpc) is 3.36. The van der Waals surface area contributed by atoms with Crippen molar-refractivity contribution in [2.24, 2.45) is 0 Å². The molecule has 0 amide bonds. The van der Waals surface area contributed by atoms with Crippen molar-refractivity contribution in [2.75, 3.05) is 0 Å². The molecule has 1 aromatic carbocycles. The van der Waals surface area contributed by atoms with Crippen LogP contribution in [0, 0.1) is 4.77 Å². The quantitative estimate of drug-likeness (QED) is 0.388. The first kappa shape index (κ1) is 18.4. The second kappa shape index (κ2) is 8.02. The molecule has 0 radical (unpaired) electrons. The minimum absolute atomic E-state index is 0.587. The first-order chi connectivity index (χ1) is 14.3. The smallest absolute Gasteiger partial charge is 0.204 e. The Hall–Kier alpha value is -2.61. The van der Waals surface area contributed by atoms with Crippen LogP contribution in [0.25, 0.3) is 16.4 Å². The van der Waals surface area contributed by atoms with Crippen molar-refractivity contribution < 1.29 is 0 Å². The number of para-hydroxylation sites is 1. The molecule has 1 aliphatic carbocycles. The van der Waals surface area contributed by atoms with Gasteiger partial charge in [0.15, 0.2) is 5.82 Å². The summed E-state index contributed by atoms with van der Waals surface area (Å²) in [5.74, 6) is 0.897. The highest BCUT2D eigenvalue weighted by molar-refractivity contribution is 7.71. The summed E-state index contributed by atoms with van der Waals surface area (Å²) in [5, 5.41) is 7.02. The number of benzene rings is 1. The molecule has 7 heteroatoms. The Labute approximate surface area is 178 Å². The third-order valence-electron chi connectivity index (χ3n) is 5.08. The maximum atomic E-state index is 5.89. The molecule has 3 aromatic heterocycles. The van der Waals surface area contributed by atoms with Gasteiger partial charge in [-0.25, -0.2) is 4.68 Å². The minimum atomic E-state index is 0.587. The summed E-state index contributed by atoms with van der Waals surface area (Å²) in [5.41, 5.74) is 2.25. The minimum Gasteiger partial charge on any atom is -0.277 e. The van der Waals surface area contributed by atoms with Crippen LogP contribution in [0.5, 0.6) is 0 Å². The number of thiophene rings is 1. The Balaban J connectivity index is 1.52. The lowest BCUT2D eigenvalue weighted by Gasteiger charge is -2.21. The average molecular weight is 420 g/mol. The fraction of sp³-hybridized carbons (Fsp3) is 0.227. The predicted molar refractivity (Wildman–Crippen MR) is 119 cm³/mol. The number of hydrogen-bond donors (Lipinski definition) is 0. The van der Waals surface area contributed by atoms with Crippen molar-refractivity contribution in [3.63, 3.8) is 0 Å². The molecule has 0 N–H and O–H groups in total. The number of nitrogens with zero attached hydrogens (tertiary/aromatic N) is 5. The highest BCUT2D eigenvalue weighted by Gasteiger charge is 2.30. The molecule has 1 aliphatic rings. The molecule has 5 rings (SSSR count). The molecule has 1 fully saturated rings. The van der Waals surface area contributed by atoms with Gasteiger partial charge < -0.3 is 0 Å². The van der Waals surface area contributed by atoms with E-state index in [1.165, 1.54) is 18.4 Å². The lowest BCUT2D eigenvalue weighted by Crippen LogP contribution is -2.29. The van der Waals surface area contributed by atoms with Crippen molar-refractivity contribution in [3.8, 4) is 16.4 Å². The van der Waals surface area contributed by atoms with E-state index in [1.54, 1.807) is 11.3 Å². The summed E-state index contributed by atoms with van der Waals surface area (Å²) in [6.45, 7) is 1.53. The molecule has 0 saturated heterocycles. The maximum Gasteiger partial charge on any atom is 0.204 e. The third-order valence-corrected chi connectivity index (χ3v) is 6.34. The summed E-state index contributed by atoms with van der Waals surface area (Å²) < 4.78 is 4.76. The van der Waals surface area contributed by atoms with Crippen LogP contribution in [0.4, 0.5) is 0 Å². The zero-order valence-corrected chi connectivity index (χ0v) is 17.5. The normalized spacial score (nSPS) is 13.8. The van der Waals surface area contributed by atoms with Gasteiger partial charge in [-0.15, -0.1) is 16.4 Å². The summed E-state index contributed by atoms with van der Waals surface area (Å²) in [6.07, 6.45) is 6.21. The Morgan fingerprint density at radius 3 is 2.62 bits per heavy atom. The van der Waals surface area contributed by atoms with Crippen molar-refractivity contribution in [3.05, 3.63) is 82.7 Å². The van der Waals surface area contributed by atoms with Gasteiger partial charge in [0.05, 0.1) is 11.5 Å². The summed E-state index contributed by atoms with van der Waals surface area (Å²) >= 11 is 7.57. The SMILES string of the molecule is S=c1n(CN(Cc2cccnc2)C2CC2)nc(-c2cccs2)n1-c1ccccc1. The maximum absolute atomic E-state index is 5.89. The van der Waals surface area contributed by atoms with E-state index in [-0.39, 0.29) is 0 Å². The van der Waals surface area contributed by atoms with Crippen LogP contribution >= 0.6 is 23.6 Å². The van der Waals surface area contributed by atoms with Gasteiger partial charge in [-0.1, -0.05) is 30.3 Å². The van der Waals surface area contributed by atoms with Crippen LogP contribution in [0.3, 0.4) is 0 Å². The van der Waals surface area contributed by atoms with Crippen LogP contribution in [-0.4, -0.2) is 30.3 Å². The highest BCUT2D eigenvalue weighted by atomic mass is 32.1. The summed E-state index contributed by atoms with van der Waals surface area (Å²) in [4.78, 5) is 7.83. The summed E-state index contributed by atoms with van der Waals surface area (Å²) in [7, 11) is 0. The first-order valence-electron chi connectivity index (χ1n) is 9.72. The molecule has 0 spiro atoms. The molecule has 5 nitrogen and oxygen atoms in total. The van der Waals surface area contributed by atoms with Crippen LogP contribution in [0.2, 0.25) is 0 Å². The number of rotatable bonds is 7. The molecule has 0 bridgehead atoms. The van der Waals surface area contributed by atoms with E-state index >= 15 is 0 Å². The van der Waals surface area contributed by atoms with E-state index in [0.29, 0.717) is 12.7 Å². The van der Waals surface area contributed by atoms with Crippen LogP contribution in [0.1, 0.15) is 18.4 Å². The van der Waals surface area contributed by atoms with Crippen molar-refractivity contribution in [1.82, 2.24) is 24.2 Å². The van der Waals surface area contributed by atoms with E-state index in [0.717, 1.165) is 27.7 Å².